The minimum absolute atomic E-state index is 0.0125. The van der Waals surface area contributed by atoms with E-state index in [1.165, 1.54) is 30.3 Å². The van der Waals surface area contributed by atoms with Crippen molar-refractivity contribution in [3.05, 3.63) is 59.1 Å². The molecular weight excluding hydrogens is 477 g/mol. The molecule has 13 heteroatoms. The number of alkyl halides is 4. The average molecular weight is 491 g/mol. The molecule has 0 spiro atoms. The number of hydrogen-bond donors (Lipinski definition) is 0. The van der Waals surface area contributed by atoms with Gasteiger partial charge in [0.15, 0.2) is 10.7 Å². The predicted octanol–water partition coefficient (Wildman–Crippen LogP) is 5.84. The number of pyridine rings is 1. The van der Waals surface area contributed by atoms with Crippen LogP contribution in [0, 0.1) is 5.82 Å². The van der Waals surface area contributed by atoms with Crippen molar-refractivity contribution in [1.29, 1.82) is 0 Å². The first-order valence-electron chi connectivity index (χ1n) is 9.99. The Morgan fingerprint density at radius 1 is 1.03 bits per heavy atom. The first-order valence-corrected chi connectivity index (χ1v) is 10.8. The van der Waals surface area contributed by atoms with Gasteiger partial charge in [0.1, 0.15) is 22.2 Å². The molecule has 0 aliphatic heterocycles. The first-order chi connectivity index (χ1) is 16.4. The highest BCUT2D eigenvalue weighted by atomic mass is 32.1. The smallest absolute Gasteiger partial charge is 0.264 e. The molecule has 0 atom stereocenters. The van der Waals surface area contributed by atoms with Crippen molar-refractivity contribution in [2.75, 3.05) is 0 Å². The lowest BCUT2D eigenvalue weighted by atomic mass is 10.1. The average Bonchev–Trinajstić information content (AvgIpc) is 3.56. The minimum atomic E-state index is -3.05. The molecule has 0 unspecified atom stereocenters. The Hall–Kier alpha value is -3.74. The second-order valence-corrected chi connectivity index (χ2v) is 8.09. The van der Waals surface area contributed by atoms with Gasteiger partial charge in [0, 0.05) is 18.3 Å². The van der Waals surface area contributed by atoms with Crippen LogP contribution in [0.1, 0.15) is 30.5 Å². The minimum Gasteiger partial charge on any atom is -0.264 e. The van der Waals surface area contributed by atoms with E-state index in [0.29, 0.717) is 29.3 Å². The molecule has 0 aliphatic carbocycles. The maximum absolute atomic E-state index is 14.6. The van der Waals surface area contributed by atoms with Gasteiger partial charge in [-0.05, 0) is 31.2 Å². The molecule has 4 aromatic heterocycles. The normalized spacial score (nSPS) is 11.9. The van der Waals surface area contributed by atoms with E-state index in [-0.39, 0.29) is 27.3 Å². The third-order valence-electron chi connectivity index (χ3n) is 5.09. The molecule has 0 radical (unpaired) electrons. The topological polar surface area (TPSA) is 74.3 Å². The monoisotopic (exact) mass is 491 g/mol. The summed E-state index contributed by atoms with van der Waals surface area (Å²) in [5.74, 6) is -0.698. The number of aromatic nitrogens is 7. The van der Waals surface area contributed by atoms with Gasteiger partial charge in [0.05, 0.1) is 16.8 Å². The van der Waals surface area contributed by atoms with Crippen LogP contribution in [-0.2, 0) is 6.54 Å². The molecule has 4 heterocycles. The van der Waals surface area contributed by atoms with Crippen molar-refractivity contribution in [3.63, 3.8) is 0 Å². The SMILES string of the molecule is CCn1nccc1-c1cc(-c2nnc(C(F)F)s2)c2c(C(F)F)nn(-c3ccccc3F)c2n1. The molecule has 0 saturated carbocycles. The molecule has 0 bridgehead atoms. The van der Waals surface area contributed by atoms with Crippen LogP contribution >= 0.6 is 11.3 Å². The molecule has 0 saturated heterocycles. The van der Waals surface area contributed by atoms with Crippen LogP contribution in [0.4, 0.5) is 22.0 Å². The third-order valence-corrected chi connectivity index (χ3v) is 6.05. The highest BCUT2D eigenvalue weighted by Gasteiger charge is 2.28. The van der Waals surface area contributed by atoms with Gasteiger partial charge in [-0.15, -0.1) is 10.2 Å². The molecule has 0 fully saturated rings. The number of hydrogen-bond acceptors (Lipinski definition) is 6. The summed E-state index contributed by atoms with van der Waals surface area (Å²) in [5.41, 5.74) is 0.0874. The van der Waals surface area contributed by atoms with Crippen LogP contribution in [0.15, 0.2) is 42.6 Å². The second-order valence-electron chi connectivity index (χ2n) is 7.08. The van der Waals surface area contributed by atoms with Crippen molar-refractivity contribution in [2.24, 2.45) is 0 Å². The number of benzene rings is 1. The van der Waals surface area contributed by atoms with E-state index in [9.17, 15) is 22.0 Å². The lowest BCUT2D eigenvalue weighted by molar-refractivity contribution is 0.147. The Morgan fingerprint density at radius 3 is 2.50 bits per heavy atom. The number of para-hydroxylation sites is 1. The zero-order chi connectivity index (χ0) is 24.0. The summed E-state index contributed by atoms with van der Waals surface area (Å²) in [7, 11) is 0. The highest BCUT2D eigenvalue weighted by molar-refractivity contribution is 7.14. The van der Waals surface area contributed by atoms with Crippen molar-refractivity contribution in [3.8, 4) is 27.6 Å². The van der Waals surface area contributed by atoms with Crippen LogP contribution in [0.5, 0.6) is 0 Å². The summed E-state index contributed by atoms with van der Waals surface area (Å²) in [4.78, 5) is 4.52. The summed E-state index contributed by atoms with van der Waals surface area (Å²) in [6, 6.07) is 8.66. The van der Waals surface area contributed by atoms with E-state index in [2.05, 4.69) is 25.4 Å². The van der Waals surface area contributed by atoms with Gasteiger partial charge in [-0.25, -0.2) is 31.6 Å². The van der Waals surface area contributed by atoms with Crippen molar-refractivity contribution < 1.29 is 22.0 Å². The molecule has 1 aromatic carbocycles. The van der Waals surface area contributed by atoms with Crippen LogP contribution in [0.3, 0.4) is 0 Å². The number of fused-ring (bicyclic) bond motifs is 1. The van der Waals surface area contributed by atoms with E-state index in [0.717, 1.165) is 4.68 Å². The summed E-state index contributed by atoms with van der Waals surface area (Å²) >= 11 is 0.575. The standard InChI is InChI=1S/C21H14F5N7S/c1-2-32-14(7-8-27-32)12-9-10(20-29-30-21(34-20)18(25)26)15-16(17(23)24)31-33(19(15)28-12)13-6-4-3-5-11(13)22/h3-9,17-18H,2H2,1H3. The molecule has 5 aromatic rings. The molecule has 5 rings (SSSR count). The Labute approximate surface area is 192 Å². The second kappa shape index (κ2) is 8.56. The molecule has 34 heavy (non-hydrogen) atoms. The lowest BCUT2D eigenvalue weighted by Crippen LogP contribution is -2.03. The fraction of sp³-hybridized carbons (Fsp3) is 0.190. The third kappa shape index (κ3) is 3.61. The summed E-state index contributed by atoms with van der Waals surface area (Å²) in [5, 5.41) is 14.8. The fourth-order valence-electron chi connectivity index (χ4n) is 3.62. The van der Waals surface area contributed by atoms with Gasteiger partial charge in [-0.1, -0.05) is 23.5 Å². The first kappa shape index (κ1) is 22.1. The summed E-state index contributed by atoms with van der Waals surface area (Å²) in [6.45, 7) is 2.34. The van der Waals surface area contributed by atoms with E-state index < -0.39 is 29.4 Å². The molecular formula is C21H14F5N7S. The van der Waals surface area contributed by atoms with Crippen LogP contribution < -0.4 is 0 Å². The maximum Gasteiger partial charge on any atom is 0.291 e. The Bertz CT molecular complexity index is 1490. The zero-order valence-electron chi connectivity index (χ0n) is 17.3. The van der Waals surface area contributed by atoms with Crippen molar-refractivity contribution in [2.45, 2.75) is 26.3 Å². The van der Waals surface area contributed by atoms with Crippen molar-refractivity contribution >= 4 is 22.4 Å². The largest absolute Gasteiger partial charge is 0.291 e. The van der Waals surface area contributed by atoms with Gasteiger partial charge in [0.2, 0.25) is 0 Å². The molecule has 0 N–H and O–H groups in total. The van der Waals surface area contributed by atoms with Gasteiger partial charge in [0.25, 0.3) is 12.9 Å². The number of nitrogens with zero attached hydrogens (tertiary/aromatic N) is 7. The van der Waals surface area contributed by atoms with Gasteiger partial charge in [-0.3, -0.25) is 4.68 Å². The number of rotatable bonds is 6. The molecule has 174 valence electrons. The lowest BCUT2D eigenvalue weighted by Gasteiger charge is -2.09. The summed E-state index contributed by atoms with van der Waals surface area (Å²) < 4.78 is 71.8. The number of halogens is 5. The number of aryl methyl sites for hydroxylation is 1. The van der Waals surface area contributed by atoms with E-state index >= 15 is 0 Å². The molecule has 0 amide bonds. The van der Waals surface area contributed by atoms with E-state index in [1.807, 2.05) is 6.92 Å². The Morgan fingerprint density at radius 2 is 1.82 bits per heavy atom. The fourth-order valence-corrected chi connectivity index (χ4v) is 4.34. The van der Waals surface area contributed by atoms with Crippen LogP contribution in [-0.4, -0.2) is 34.7 Å². The van der Waals surface area contributed by atoms with Gasteiger partial charge < -0.3 is 0 Å². The van der Waals surface area contributed by atoms with Crippen LogP contribution in [0.25, 0.3) is 38.7 Å². The summed E-state index contributed by atoms with van der Waals surface area (Å²) in [6.07, 6.45) is -4.38. The maximum atomic E-state index is 14.6. The van der Waals surface area contributed by atoms with Crippen molar-refractivity contribution in [1.82, 2.24) is 34.7 Å². The van der Waals surface area contributed by atoms with E-state index in [1.54, 1.807) is 16.9 Å². The van der Waals surface area contributed by atoms with Crippen LogP contribution in [0.2, 0.25) is 0 Å². The van der Waals surface area contributed by atoms with Gasteiger partial charge in [-0.2, -0.15) is 10.2 Å². The Balaban J connectivity index is 1.89. The Kier molecular flexibility index (Phi) is 5.55. The molecule has 0 aliphatic rings. The molecule has 7 nitrogen and oxygen atoms in total. The quantitative estimate of drug-likeness (QED) is 0.279. The highest BCUT2D eigenvalue weighted by Crippen LogP contribution is 2.40. The van der Waals surface area contributed by atoms with E-state index in [4.69, 9.17) is 0 Å². The predicted molar refractivity (Wildman–Crippen MR) is 115 cm³/mol. The zero-order valence-corrected chi connectivity index (χ0v) is 18.1. The van der Waals surface area contributed by atoms with Gasteiger partial charge >= 0.3 is 0 Å².